The van der Waals surface area contributed by atoms with Crippen molar-refractivity contribution in [3.05, 3.63) is 69.2 Å². The molecule has 29 heavy (non-hydrogen) atoms. The molecule has 0 aliphatic heterocycles. The van der Waals surface area contributed by atoms with Gasteiger partial charge in [0.1, 0.15) is 6.04 Å². The molecule has 0 spiro atoms. The van der Waals surface area contributed by atoms with Crippen LogP contribution in [0.25, 0.3) is 0 Å². The Kier molecular flexibility index (Phi) is 8.99. The predicted molar refractivity (Wildman–Crippen MR) is 119 cm³/mol. The van der Waals surface area contributed by atoms with Gasteiger partial charge in [-0.3, -0.25) is 9.59 Å². The zero-order valence-corrected chi connectivity index (χ0v) is 18.7. The van der Waals surface area contributed by atoms with Crippen LogP contribution in [-0.2, 0) is 22.6 Å². The highest BCUT2D eigenvalue weighted by Crippen LogP contribution is 2.24. The monoisotopic (exact) mass is 434 g/mol. The van der Waals surface area contributed by atoms with Crippen molar-refractivity contribution in [3.8, 4) is 0 Å². The molecule has 6 heteroatoms. The molecule has 0 heterocycles. The first-order chi connectivity index (χ1) is 13.8. The maximum Gasteiger partial charge on any atom is 0.242 e. The number of aryl methyl sites for hydroxylation is 1. The summed E-state index contributed by atoms with van der Waals surface area (Å²) in [6, 6.07) is 12.6. The van der Waals surface area contributed by atoms with Crippen LogP contribution in [0.2, 0.25) is 10.0 Å². The number of hydrogen-bond acceptors (Lipinski definition) is 2. The molecule has 2 amide bonds. The maximum absolute atomic E-state index is 13.2. The Morgan fingerprint density at radius 3 is 2.41 bits per heavy atom. The van der Waals surface area contributed by atoms with E-state index in [0.29, 0.717) is 29.6 Å². The Morgan fingerprint density at radius 2 is 1.79 bits per heavy atom. The van der Waals surface area contributed by atoms with Crippen LogP contribution in [-0.4, -0.2) is 29.3 Å². The lowest BCUT2D eigenvalue weighted by Gasteiger charge is -2.31. The molecular formula is C23H28Cl2N2O2. The van der Waals surface area contributed by atoms with Gasteiger partial charge in [0.25, 0.3) is 0 Å². The highest BCUT2D eigenvalue weighted by Gasteiger charge is 2.28. The molecule has 0 fully saturated rings. The number of nitrogens with one attached hydrogen (secondary N) is 1. The van der Waals surface area contributed by atoms with Crippen molar-refractivity contribution in [2.24, 2.45) is 0 Å². The first kappa shape index (κ1) is 23.2. The van der Waals surface area contributed by atoms with Gasteiger partial charge in [0.05, 0.1) is 16.5 Å². The van der Waals surface area contributed by atoms with Crippen LogP contribution < -0.4 is 5.32 Å². The fourth-order valence-corrected chi connectivity index (χ4v) is 3.54. The van der Waals surface area contributed by atoms with Gasteiger partial charge in [0, 0.05) is 13.1 Å². The molecule has 2 rings (SSSR count). The molecular weight excluding hydrogens is 407 g/mol. The molecule has 0 saturated carbocycles. The van der Waals surface area contributed by atoms with Crippen LogP contribution in [0.5, 0.6) is 0 Å². The lowest BCUT2D eigenvalue weighted by atomic mass is 10.1. The van der Waals surface area contributed by atoms with Gasteiger partial charge in [-0.25, -0.2) is 0 Å². The second-order valence-corrected chi connectivity index (χ2v) is 7.97. The third-order valence-corrected chi connectivity index (χ3v) is 5.45. The number of carbonyl (C=O) groups excluding carboxylic acids is 2. The van der Waals surface area contributed by atoms with Crippen LogP contribution in [0.4, 0.5) is 0 Å². The number of amides is 2. The molecule has 4 nitrogen and oxygen atoms in total. The molecule has 0 aromatic heterocycles. The van der Waals surface area contributed by atoms with Gasteiger partial charge in [-0.2, -0.15) is 0 Å². The molecule has 0 aliphatic rings. The van der Waals surface area contributed by atoms with E-state index in [2.05, 4.69) is 5.32 Å². The fourth-order valence-electron chi connectivity index (χ4n) is 3.22. The smallest absolute Gasteiger partial charge is 0.242 e. The van der Waals surface area contributed by atoms with E-state index < -0.39 is 6.04 Å². The summed E-state index contributed by atoms with van der Waals surface area (Å²) in [5.41, 5.74) is 2.86. The minimum absolute atomic E-state index is 0.0971. The van der Waals surface area contributed by atoms with Crippen LogP contribution in [0.3, 0.4) is 0 Å². The summed E-state index contributed by atoms with van der Waals surface area (Å²) in [5.74, 6) is -0.229. The Balaban J connectivity index is 2.30. The van der Waals surface area contributed by atoms with E-state index in [4.69, 9.17) is 23.2 Å². The van der Waals surface area contributed by atoms with Crippen LogP contribution in [0.1, 0.15) is 43.4 Å². The maximum atomic E-state index is 13.2. The zero-order chi connectivity index (χ0) is 21.4. The number of nitrogens with zero attached hydrogens (tertiary/aromatic N) is 1. The van der Waals surface area contributed by atoms with Gasteiger partial charge in [-0.15, -0.1) is 0 Å². The SMILES string of the molecule is CCCNC(=O)[C@H](CC)N(Cc1ccc(Cl)c(Cl)c1)C(=O)Cc1cccc(C)c1. The first-order valence-corrected chi connectivity index (χ1v) is 10.7. The van der Waals surface area contributed by atoms with Gasteiger partial charge >= 0.3 is 0 Å². The second-order valence-electron chi connectivity index (χ2n) is 7.15. The molecule has 2 aromatic rings. The summed E-state index contributed by atoms with van der Waals surface area (Å²) in [6.45, 7) is 6.78. The van der Waals surface area contributed by atoms with E-state index in [1.165, 1.54) is 0 Å². The van der Waals surface area contributed by atoms with Crippen LogP contribution in [0.15, 0.2) is 42.5 Å². The Morgan fingerprint density at radius 1 is 1.03 bits per heavy atom. The van der Waals surface area contributed by atoms with E-state index in [9.17, 15) is 9.59 Å². The minimum Gasteiger partial charge on any atom is -0.354 e. The lowest BCUT2D eigenvalue weighted by Crippen LogP contribution is -2.49. The summed E-state index contributed by atoms with van der Waals surface area (Å²) in [6.07, 6.45) is 1.60. The van der Waals surface area contributed by atoms with Gasteiger partial charge in [-0.05, 0) is 43.0 Å². The van der Waals surface area contributed by atoms with Crippen LogP contribution >= 0.6 is 23.2 Å². The van der Waals surface area contributed by atoms with E-state index in [0.717, 1.165) is 23.1 Å². The van der Waals surface area contributed by atoms with E-state index in [-0.39, 0.29) is 18.2 Å². The zero-order valence-electron chi connectivity index (χ0n) is 17.2. The lowest BCUT2D eigenvalue weighted by molar-refractivity contribution is -0.140. The van der Waals surface area contributed by atoms with E-state index in [1.54, 1.807) is 17.0 Å². The number of halogens is 2. The summed E-state index contributed by atoms with van der Waals surface area (Å²) in [4.78, 5) is 27.6. The standard InChI is InChI=1S/C23H28Cl2N2O2/c1-4-11-26-23(29)21(5-2)27(15-18-9-10-19(24)20(25)13-18)22(28)14-17-8-6-7-16(3)12-17/h6-10,12-13,21H,4-5,11,14-15H2,1-3H3,(H,26,29)/t21-/m0/s1. The summed E-state index contributed by atoms with van der Waals surface area (Å²) in [5, 5.41) is 3.81. The molecule has 0 aliphatic carbocycles. The highest BCUT2D eigenvalue weighted by molar-refractivity contribution is 6.42. The van der Waals surface area contributed by atoms with Gasteiger partial charge < -0.3 is 10.2 Å². The molecule has 0 bridgehead atoms. The average molecular weight is 435 g/mol. The van der Waals surface area contributed by atoms with Crippen molar-refractivity contribution in [1.29, 1.82) is 0 Å². The van der Waals surface area contributed by atoms with Crippen molar-refractivity contribution in [2.45, 2.75) is 52.6 Å². The third-order valence-electron chi connectivity index (χ3n) is 4.71. The number of carbonyl (C=O) groups is 2. The van der Waals surface area contributed by atoms with Crippen molar-refractivity contribution < 1.29 is 9.59 Å². The second kappa shape index (κ2) is 11.2. The van der Waals surface area contributed by atoms with Crippen molar-refractivity contribution >= 4 is 35.0 Å². The Labute approximate surface area is 183 Å². The number of hydrogen-bond donors (Lipinski definition) is 1. The largest absolute Gasteiger partial charge is 0.354 e. The normalized spacial score (nSPS) is 11.8. The van der Waals surface area contributed by atoms with Gasteiger partial charge in [0.2, 0.25) is 11.8 Å². The topological polar surface area (TPSA) is 49.4 Å². The molecule has 0 saturated heterocycles. The predicted octanol–water partition coefficient (Wildman–Crippen LogP) is 5.18. The van der Waals surface area contributed by atoms with E-state index in [1.807, 2.05) is 51.1 Å². The summed E-state index contributed by atoms with van der Waals surface area (Å²) >= 11 is 12.2. The van der Waals surface area contributed by atoms with Gasteiger partial charge in [0.15, 0.2) is 0 Å². The average Bonchev–Trinajstić information content (AvgIpc) is 2.68. The highest BCUT2D eigenvalue weighted by atomic mass is 35.5. The fraction of sp³-hybridized carbons (Fsp3) is 0.391. The molecule has 1 atom stereocenters. The van der Waals surface area contributed by atoms with Crippen molar-refractivity contribution in [1.82, 2.24) is 10.2 Å². The third kappa shape index (κ3) is 6.76. The molecule has 0 radical (unpaired) electrons. The first-order valence-electron chi connectivity index (χ1n) is 9.92. The van der Waals surface area contributed by atoms with Crippen molar-refractivity contribution in [3.63, 3.8) is 0 Å². The molecule has 2 aromatic carbocycles. The Hall–Kier alpha value is -2.04. The van der Waals surface area contributed by atoms with E-state index >= 15 is 0 Å². The van der Waals surface area contributed by atoms with Crippen molar-refractivity contribution in [2.75, 3.05) is 6.54 Å². The molecule has 156 valence electrons. The quantitative estimate of drug-likeness (QED) is 0.590. The minimum atomic E-state index is -0.548. The Bertz CT molecular complexity index is 855. The number of rotatable bonds is 9. The van der Waals surface area contributed by atoms with Crippen LogP contribution in [0, 0.1) is 6.92 Å². The molecule has 0 unspecified atom stereocenters. The summed E-state index contributed by atoms with van der Waals surface area (Å²) in [7, 11) is 0. The van der Waals surface area contributed by atoms with Gasteiger partial charge in [-0.1, -0.05) is 72.9 Å². The number of benzene rings is 2. The molecule has 1 N–H and O–H groups in total. The summed E-state index contributed by atoms with van der Waals surface area (Å²) < 4.78 is 0.